The van der Waals surface area contributed by atoms with Gasteiger partial charge in [-0.2, -0.15) is 0 Å². The van der Waals surface area contributed by atoms with E-state index in [4.69, 9.17) is 4.74 Å². The highest BCUT2D eigenvalue weighted by molar-refractivity contribution is 9.10. The van der Waals surface area contributed by atoms with Crippen LogP contribution in [0, 0.1) is 5.82 Å². The van der Waals surface area contributed by atoms with E-state index >= 15 is 0 Å². The molecule has 0 aliphatic rings. The molecule has 0 fully saturated rings. The Balaban J connectivity index is 2.53. The lowest BCUT2D eigenvalue weighted by Gasteiger charge is -2.13. The monoisotopic (exact) mass is 275 g/mol. The molecule has 1 atom stereocenters. The van der Waals surface area contributed by atoms with Crippen molar-refractivity contribution < 1.29 is 9.13 Å². The van der Waals surface area contributed by atoms with Gasteiger partial charge in [-0.1, -0.05) is 15.9 Å². The Morgan fingerprint density at radius 2 is 2.27 bits per heavy atom. The van der Waals surface area contributed by atoms with Crippen molar-refractivity contribution in [1.29, 1.82) is 0 Å². The first-order valence-corrected chi connectivity index (χ1v) is 5.63. The lowest BCUT2D eigenvalue weighted by atomic mass is 10.2. The van der Waals surface area contributed by atoms with E-state index in [0.29, 0.717) is 6.61 Å². The van der Waals surface area contributed by atoms with Crippen molar-refractivity contribution >= 4 is 15.9 Å². The molecule has 0 aliphatic heterocycles. The van der Waals surface area contributed by atoms with Gasteiger partial charge in [-0.3, -0.25) is 0 Å². The molecule has 0 saturated heterocycles. The first-order valence-electron chi connectivity index (χ1n) is 4.83. The van der Waals surface area contributed by atoms with Crippen molar-refractivity contribution in [2.45, 2.75) is 19.6 Å². The molecule has 1 N–H and O–H groups in total. The van der Waals surface area contributed by atoms with Crippen molar-refractivity contribution in [1.82, 2.24) is 5.32 Å². The Bertz CT molecular complexity index is 319. The van der Waals surface area contributed by atoms with Crippen LogP contribution in [0.25, 0.3) is 0 Å². The Morgan fingerprint density at radius 1 is 1.53 bits per heavy atom. The molecule has 1 aromatic carbocycles. The Kier molecular flexibility index (Phi) is 5.22. The lowest BCUT2D eigenvalue weighted by molar-refractivity contribution is 0.0540. The zero-order chi connectivity index (χ0) is 11.3. The zero-order valence-electron chi connectivity index (χ0n) is 8.89. The van der Waals surface area contributed by atoms with Gasteiger partial charge in [-0.15, -0.1) is 0 Å². The summed E-state index contributed by atoms with van der Waals surface area (Å²) in [6.45, 7) is 3.18. The average Bonchev–Trinajstić information content (AvgIpc) is 2.20. The maximum atomic E-state index is 12.9. The molecule has 84 valence electrons. The fourth-order valence-corrected chi connectivity index (χ4v) is 1.59. The molecule has 0 aliphatic carbocycles. The largest absolute Gasteiger partial charge is 0.372 e. The van der Waals surface area contributed by atoms with Gasteiger partial charge in [0.05, 0.1) is 12.7 Å². The molecule has 0 radical (unpaired) electrons. The summed E-state index contributed by atoms with van der Waals surface area (Å²) in [5, 5.41) is 3.02. The zero-order valence-corrected chi connectivity index (χ0v) is 10.5. The van der Waals surface area contributed by atoms with Gasteiger partial charge in [0.15, 0.2) is 0 Å². The van der Waals surface area contributed by atoms with Crippen LogP contribution in [-0.2, 0) is 11.3 Å². The number of halogens is 2. The minimum Gasteiger partial charge on any atom is -0.372 e. The summed E-state index contributed by atoms with van der Waals surface area (Å²) in [5.41, 5.74) is 0.831. The number of ether oxygens (including phenoxy) is 1. The van der Waals surface area contributed by atoms with E-state index in [0.717, 1.165) is 16.6 Å². The molecular formula is C11H15BrFNO. The first-order chi connectivity index (χ1) is 7.13. The number of nitrogens with one attached hydrogen (secondary N) is 1. The van der Waals surface area contributed by atoms with Crippen LogP contribution in [0.3, 0.4) is 0 Å². The number of hydrogen-bond donors (Lipinski definition) is 1. The molecule has 0 heterocycles. The Hall–Kier alpha value is -0.450. The van der Waals surface area contributed by atoms with Crippen LogP contribution in [0.2, 0.25) is 0 Å². The van der Waals surface area contributed by atoms with Crippen LogP contribution in [-0.4, -0.2) is 19.7 Å². The van der Waals surface area contributed by atoms with E-state index in [9.17, 15) is 4.39 Å². The molecular weight excluding hydrogens is 261 g/mol. The summed E-state index contributed by atoms with van der Waals surface area (Å²) < 4.78 is 19.4. The van der Waals surface area contributed by atoms with Crippen molar-refractivity contribution in [3.8, 4) is 0 Å². The van der Waals surface area contributed by atoms with E-state index in [2.05, 4.69) is 21.2 Å². The highest BCUT2D eigenvalue weighted by atomic mass is 79.9. The maximum Gasteiger partial charge on any atom is 0.123 e. The molecule has 0 spiro atoms. The summed E-state index contributed by atoms with van der Waals surface area (Å²) in [6.07, 6.45) is 0.116. The van der Waals surface area contributed by atoms with Gasteiger partial charge in [0.1, 0.15) is 5.82 Å². The van der Waals surface area contributed by atoms with Crippen molar-refractivity contribution in [3.05, 3.63) is 34.1 Å². The summed E-state index contributed by atoms with van der Waals surface area (Å²) in [6, 6.07) is 4.59. The highest BCUT2D eigenvalue weighted by Gasteiger charge is 2.05. The van der Waals surface area contributed by atoms with Crippen LogP contribution < -0.4 is 5.32 Å². The van der Waals surface area contributed by atoms with E-state index in [1.54, 1.807) is 6.07 Å². The Labute approximate surface area is 98.0 Å². The molecule has 4 heteroatoms. The topological polar surface area (TPSA) is 21.3 Å². The van der Waals surface area contributed by atoms with E-state index in [-0.39, 0.29) is 11.9 Å². The van der Waals surface area contributed by atoms with Crippen LogP contribution >= 0.6 is 15.9 Å². The van der Waals surface area contributed by atoms with E-state index < -0.39 is 0 Å². The minimum absolute atomic E-state index is 0.116. The van der Waals surface area contributed by atoms with Crippen molar-refractivity contribution in [3.63, 3.8) is 0 Å². The van der Waals surface area contributed by atoms with Gasteiger partial charge in [0.25, 0.3) is 0 Å². The molecule has 0 saturated carbocycles. The van der Waals surface area contributed by atoms with Gasteiger partial charge in [0, 0.05) is 11.0 Å². The van der Waals surface area contributed by atoms with Crippen LogP contribution in [0.1, 0.15) is 12.5 Å². The predicted octanol–water partition coefficient (Wildman–Crippen LogP) is 2.71. The number of hydrogen-bond acceptors (Lipinski definition) is 2. The fourth-order valence-electron chi connectivity index (χ4n) is 1.23. The number of likely N-dealkylation sites (N-methyl/N-ethyl adjacent to an activating group) is 1. The highest BCUT2D eigenvalue weighted by Crippen LogP contribution is 2.19. The normalized spacial score (nSPS) is 12.8. The van der Waals surface area contributed by atoms with Crippen molar-refractivity contribution in [2.24, 2.45) is 0 Å². The number of rotatable bonds is 5. The molecule has 0 amide bonds. The first kappa shape index (κ1) is 12.6. The molecule has 1 unspecified atom stereocenters. The second-order valence-electron chi connectivity index (χ2n) is 3.42. The van der Waals surface area contributed by atoms with E-state index in [1.165, 1.54) is 12.1 Å². The lowest BCUT2D eigenvalue weighted by Crippen LogP contribution is -2.23. The molecule has 1 rings (SSSR count). The molecule has 1 aromatic rings. The molecule has 0 bridgehead atoms. The summed E-state index contributed by atoms with van der Waals surface area (Å²) in [7, 11) is 1.87. The summed E-state index contributed by atoms with van der Waals surface area (Å²) in [4.78, 5) is 0. The van der Waals surface area contributed by atoms with Gasteiger partial charge in [-0.25, -0.2) is 4.39 Å². The third-order valence-electron chi connectivity index (χ3n) is 2.02. The van der Waals surface area contributed by atoms with Crippen molar-refractivity contribution in [2.75, 3.05) is 13.6 Å². The molecule has 15 heavy (non-hydrogen) atoms. The van der Waals surface area contributed by atoms with Crippen LogP contribution in [0.5, 0.6) is 0 Å². The second kappa shape index (κ2) is 6.20. The van der Waals surface area contributed by atoms with Gasteiger partial charge < -0.3 is 10.1 Å². The quantitative estimate of drug-likeness (QED) is 0.892. The number of benzene rings is 1. The third-order valence-corrected chi connectivity index (χ3v) is 2.80. The van der Waals surface area contributed by atoms with Gasteiger partial charge in [-0.05, 0) is 37.7 Å². The van der Waals surface area contributed by atoms with E-state index in [1.807, 2.05) is 14.0 Å². The van der Waals surface area contributed by atoms with Crippen LogP contribution in [0.15, 0.2) is 22.7 Å². The standard InChI is InChI=1S/C11H15BrFNO/c1-8(6-14-2)15-7-9-5-10(13)3-4-11(9)12/h3-5,8,14H,6-7H2,1-2H3. The van der Waals surface area contributed by atoms with Gasteiger partial charge >= 0.3 is 0 Å². The second-order valence-corrected chi connectivity index (χ2v) is 4.27. The Morgan fingerprint density at radius 3 is 2.93 bits per heavy atom. The molecule has 2 nitrogen and oxygen atoms in total. The minimum atomic E-state index is -0.238. The summed E-state index contributed by atoms with van der Waals surface area (Å²) >= 11 is 3.36. The third kappa shape index (κ3) is 4.28. The average molecular weight is 276 g/mol. The maximum absolute atomic E-state index is 12.9. The van der Waals surface area contributed by atoms with Gasteiger partial charge in [0.2, 0.25) is 0 Å². The SMILES string of the molecule is CNCC(C)OCc1cc(F)ccc1Br. The summed E-state index contributed by atoms with van der Waals surface area (Å²) in [5.74, 6) is -0.238. The fraction of sp³-hybridized carbons (Fsp3) is 0.455. The molecule has 0 aromatic heterocycles. The van der Waals surface area contributed by atoms with Crippen LogP contribution in [0.4, 0.5) is 4.39 Å². The smallest absolute Gasteiger partial charge is 0.123 e. The predicted molar refractivity (Wildman–Crippen MR) is 62.3 cm³/mol.